The number of hydrogen-bond donors (Lipinski definition) is 2. The molecule has 0 aromatic heterocycles. The molecule has 0 fully saturated rings. The van der Waals surface area contributed by atoms with Gasteiger partial charge in [-0.05, 0) is 25.9 Å². The second kappa shape index (κ2) is 17.5. The highest BCUT2D eigenvalue weighted by molar-refractivity contribution is 14.0. The summed E-state index contributed by atoms with van der Waals surface area (Å²) >= 11 is 0. The molecule has 0 saturated heterocycles. The van der Waals surface area contributed by atoms with Gasteiger partial charge in [0.25, 0.3) is 0 Å². The van der Waals surface area contributed by atoms with Crippen molar-refractivity contribution >= 4 is 48.0 Å². The van der Waals surface area contributed by atoms with Crippen molar-refractivity contribution < 1.29 is 0 Å². The molecule has 4 heteroatoms. The van der Waals surface area contributed by atoms with Gasteiger partial charge in [-0.2, -0.15) is 0 Å². The first-order valence-electron chi connectivity index (χ1n) is 3.82. The summed E-state index contributed by atoms with van der Waals surface area (Å²) in [6, 6.07) is 0. The fourth-order valence-electron chi connectivity index (χ4n) is 0.819. The van der Waals surface area contributed by atoms with Crippen LogP contribution in [0.1, 0.15) is 32.1 Å². The van der Waals surface area contributed by atoms with Crippen molar-refractivity contribution in [2.75, 3.05) is 13.1 Å². The summed E-state index contributed by atoms with van der Waals surface area (Å²) < 4.78 is 0. The lowest BCUT2D eigenvalue weighted by atomic mass is 10.1. The van der Waals surface area contributed by atoms with Crippen molar-refractivity contribution in [2.45, 2.75) is 32.1 Å². The van der Waals surface area contributed by atoms with Crippen LogP contribution in [0.4, 0.5) is 0 Å². The number of halogens is 2. The summed E-state index contributed by atoms with van der Waals surface area (Å²) in [6.45, 7) is 1.67. The van der Waals surface area contributed by atoms with Gasteiger partial charge >= 0.3 is 0 Å². The molecular formula is C7H20I2N2. The largest absolute Gasteiger partial charge is 0.330 e. The fraction of sp³-hybridized carbons (Fsp3) is 1.00. The molecule has 0 amide bonds. The maximum absolute atomic E-state index is 5.32. The van der Waals surface area contributed by atoms with Crippen molar-refractivity contribution in [1.29, 1.82) is 0 Å². The predicted octanol–water partition coefficient (Wildman–Crippen LogP) is 2.09. The van der Waals surface area contributed by atoms with Crippen LogP contribution in [0.25, 0.3) is 0 Å². The topological polar surface area (TPSA) is 52.0 Å². The second-order valence-corrected chi connectivity index (χ2v) is 2.35. The molecule has 11 heavy (non-hydrogen) atoms. The predicted molar refractivity (Wildman–Crippen MR) is 72.0 cm³/mol. The van der Waals surface area contributed by atoms with E-state index in [4.69, 9.17) is 11.5 Å². The lowest BCUT2D eigenvalue weighted by Crippen LogP contribution is -1.99. The first-order valence-corrected chi connectivity index (χ1v) is 3.82. The normalized spacial score (nSPS) is 8.18. The molecule has 0 aromatic rings. The van der Waals surface area contributed by atoms with Gasteiger partial charge < -0.3 is 11.5 Å². The molecule has 2 nitrogen and oxygen atoms in total. The first kappa shape index (κ1) is 18.2. The van der Waals surface area contributed by atoms with E-state index in [0.29, 0.717) is 0 Å². The number of unbranched alkanes of at least 4 members (excludes halogenated alkanes) is 4. The van der Waals surface area contributed by atoms with Gasteiger partial charge in [0.1, 0.15) is 0 Å². The van der Waals surface area contributed by atoms with Crippen LogP contribution in [0.2, 0.25) is 0 Å². The SMILES string of the molecule is I.I.NCCCCCCCN. The van der Waals surface area contributed by atoms with Crippen LogP contribution in [0, 0.1) is 0 Å². The van der Waals surface area contributed by atoms with E-state index in [1.54, 1.807) is 0 Å². The van der Waals surface area contributed by atoms with Crippen LogP contribution in [-0.4, -0.2) is 13.1 Å². The monoisotopic (exact) mass is 386 g/mol. The van der Waals surface area contributed by atoms with Crippen molar-refractivity contribution in [3.05, 3.63) is 0 Å². The van der Waals surface area contributed by atoms with E-state index >= 15 is 0 Å². The summed E-state index contributed by atoms with van der Waals surface area (Å²) in [5.41, 5.74) is 10.6. The molecule has 0 atom stereocenters. The molecule has 0 unspecified atom stereocenters. The minimum absolute atomic E-state index is 0. The fourth-order valence-corrected chi connectivity index (χ4v) is 0.819. The zero-order valence-corrected chi connectivity index (χ0v) is 11.6. The molecule has 72 valence electrons. The van der Waals surface area contributed by atoms with Crippen molar-refractivity contribution in [3.63, 3.8) is 0 Å². The Bertz CT molecular complexity index is 47.7. The third-order valence-corrected chi connectivity index (χ3v) is 1.41. The molecule has 0 aliphatic heterocycles. The Morgan fingerprint density at radius 2 is 0.818 bits per heavy atom. The average molecular weight is 386 g/mol. The van der Waals surface area contributed by atoms with Crippen LogP contribution in [0.5, 0.6) is 0 Å². The van der Waals surface area contributed by atoms with E-state index in [-0.39, 0.29) is 48.0 Å². The molecule has 0 saturated carbocycles. The molecular weight excluding hydrogens is 366 g/mol. The highest BCUT2D eigenvalue weighted by Gasteiger charge is 1.85. The molecule has 0 bridgehead atoms. The third kappa shape index (κ3) is 18.4. The maximum Gasteiger partial charge on any atom is -0.00773 e. The van der Waals surface area contributed by atoms with E-state index in [1.165, 1.54) is 32.1 Å². The van der Waals surface area contributed by atoms with Crippen molar-refractivity contribution in [2.24, 2.45) is 11.5 Å². The van der Waals surface area contributed by atoms with E-state index in [2.05, 4.69) is 0 Å². The number of nitrogens with two attached hydrogens (primary N) is 2. The molecule has 0 aliphatic rings. The molecule has 0 rings (SSSR count). The lowest BCUT2D eigenvalue weighted by molar-refractivity contribution is 0.623. The van der Waals surface area contributed by atoms with Gasteiger partial charge in [-0.25, -0.2) is 0 Å². The third-order valence-electron chi connectivity index (χ3n) is 1.41. The van der Waals surface area contributed by atoms with Gasteiger partial charge in [0.2, 0.25) is 0 Å². The van der Waals surface area contributed by atoms with Gasteiger partial charge in [0.15, 0.2) is 0 Å². The van der Waals surface area contributed by atoms with Gasteiger partial charge in [-0.3, -0.25) is 0 Å². The molecule has 0 heterocycles. The molecule has 0 radical (unpaired) electrons. The van der Waals surface area contributed by atoms with Crippen LogP contribution >= 0.6 is 48.0 Å². The zero-order chi connectivity index (χ0) is 6.95. The summed E-state index contributed by atoms with van der Waals surface area (Å²) in [5.74, 6) is 0. The van der Waals surface area contributed by atoms with Gasteiger partial charge in [0, 0.05) is 0 Å². The lowest BCUT2D eigenvalue weighted by Gasteiger charge is -1.96. The Hall–Kier alpha value is 1.38. The van der Waals surface area contributed by atoms with E-state index in [1.807, 2.05) is 0 Å². The summed E-state index contributed by atoms with van der Waals surface area (Å²) in [6.07, 6.45) is 6.19. The van der Waals surface area contributed by atoms with Gasteiger partial charge in [-0.15, -0.1) is 48.0 Å². The minimum Gasteiger partial charge on any atom is -0.330 e. The Kier molecular flexibility index (Phi) is 28.9. The molecule has 0 spiro atoms. The number of hydrogen-bond acceptors (Lipinski definition) is 2. The van der Waals surface area contributed by atoms with E-state index in [0.717, 1.165) is 13.1 Å². The zero-order valence-electron chi connectivity index (χ0n) is 6.92. The van der Waals surface area contributed by atoms with E-state index in [9.17, 15) is 0 Å². The van der Waals surface area contributed by atoms with Crippen LogP contribution < -0.4 is 11.5 Å². The summed E-state index contributed by atoms with van der Waals surface area (Å²) in [4.78, 5) is 0. The Morgan fingerprint density at radius 1 is 0.545 bits per heavy atom. The van der Waals surface area contributed by atoms with Crippen LogP contribution in [-0.2, 0) is 0 Å². The van der Waals surface area contributed by atoms with Gasteiger partial charge in [0.05, 0.1) is 0 Å². The second-order valence-electron chi connectivity index (χ2n) is 2.35. The summed E-state index contributed by atoms with van der Waals surface area (Å²) in [7, 11) is 0. The molecule has 4 N–H and O–H groups in total. The summed E-state index contributed by atoms with van der Waals surface area (Å²) in [5, 5.41) is 0. The molecule has 0 aromatic carbocycles. The Balaban J connectivity index is -0.000000320. The van der Waals surface area contributed by atoms with Gasteiger partial charge in [-0.1, -0.05) is 19.3 Å². The van der Waals surface area contributed by atoms with Crippen LogP contribution in [0.15, 0.2) is 0 Å². The van der Waals surface area contributed by atoms with Crippen LogP contribution in [0.3, 0.4) is 0 Å². The van der Waals surface area contributed by atoms with E-state index < -0.39 is 0 Å². The molecule has 0 aliphatic carbocycles. The Morgan fingerprint density at radius 3 is 1.09 bits per heavy atom. The van der Waals surface area contributed by atoms with Crippen molar-refractivity contribution in [1.82, 2.24) is 0 Å². The Labute approximate surface area is 104 Å². The number of rotatable bonds is 6. The highest BCUT2D eigenvalue weighted by atomic mass is 127. The standard InChI is InChI=1S/C7H18N2.2HI/c8-6-4-2-1-3-5-7-9;;/h1-9H2;2*1H. The maximum atomic E-state index is 5.32. The highest BCUT2D eigenvalue weighted by Crippen LogP contribution is 1.99. The first-order chi connectivity index (χ1) is 4.41. The quantitative estimate of drug-likeness (QED) is 0.543. The minimum atomic E-state index is 0. The smallest absolute Gasteiger partial charge is 0.00773 e. The average Bonchev–Trinajstić information content (AvgIpc) is 1.89. The van der Waals surface area contributed by atoms with Crippen molar-refractivity contribution in [3.8, 4) is 0 Å².